The van der Waals surface area contributed by atoms with E-state index in [1.54, 1.807) is 60.7 Å². The largest absolute Gasteiger partial charge is 0.347 e. The molecule has 6 nitrogen and oxygen atoms in total. The number of rotatable bonds is 5. The lowest BCUT2D eigenvalue weighted by atomic mass is 10.1. The molecule has 2 aromatic rings. The van der Waals surface area contributed by atoms with Crippen LogP contribution in [-0.2, 0) is 14.6 Å². The van der Waals surface area contributed by atoms with Gasteiger partial charge in [0.1, 0.15) is 5.70 Å². The average Bonchev–Trinajstić information content (AvgIpc) is 3.04. The van der Waals surface area contributed by atoms with E-state index in [0.29, 0.717) is 17.5 Å². The Morgan fingerprint density at radius 2 is 1.50 bits per heavy atom. The zero-order valence-corrected chi connectivity index (χ0v) is 16.5. The lowest BCUT2D eigenvalue weighted by Gasteiger charge is -2.16. The van der Waals surface area contributed by atoms with Crippen LogP contribution in [0.15, 0.2) is 66.4 Å². The van der Waals surface area contributed by atoms with Crippen molar-refractivity contribution in [3.8, 4) is 0 Å². The molecule has 1 heterocycles. The summed E-state index contributed by atoms with van der Waals surface area (Å²) in [6.07, 6.45) is 0.330. The third-order valence-electron chi connectivity index (χ3n) is 4.32. The Labute approximate surface area is 168 Å². The van der Waals surface area contributed by atoms with Crippen molar-refractivity contribution in [2.24, 2.45) is 0 Å². The van der Waals surface area contributed by atoms with Crippen LogP contribution in [-0.4, -0.2) is 37.8 Å². The van der Waals surface area contributed by atoms with Crippen LogP contribution in [0.2, 0.25) is 0 Å². The van der Waals surface area contributed by atoms with Gasteiger partial charge in [0.15, 0.2) is 9.84 Å². The topological polar surface area (TPSA) is 92.3 Å². The minimum absolute atomic E-state index is 0.0276. The van der Waals surface area contributed by atoms with Crippen LogP contribution in [0, 0.1) is 0 Å². The molecule has 0 saturated carbocycles. The summed E-state index contributed by atoms with van der Waals surface area (Å²) in [6, 6.07) is 16.7. The molecule has 2 aromatic carbocycles. The van der Waals surface area contributed by atoms with E-state index in [1.807, 2.05) is 0 Å². The summed E-state index contributed by atoms with van der Waals surface area (Å²) in [5.41, 5.74) is 0.807. The van der Waals surface area contributed by atoms with Crippen LogP contribution in [0.1, 0.15) is 22.3 Å². The molecule has 1 aliphatic rings. The number of nitrogens with one attached hydrogen (secondary N) is 2. The molecule has 1 saturated heterocycles. The molecule has 0 aromatic heterocycles. The quantitative estimate of drug-likeness (QED) is 0.729. The van der Waals surface area contributed by atoms with Crippen molar-refractivity contribution in [2.75, 3.05) is 11.5 Å². The number of benzene rings is 2. The Kier molecular flexibility index (Phi) is 6.16. The zero-order chi connectivity index (χ0) is 20.1. The fourth-order valence-electron chi connectivity index (χ4n) is 2.88. The van der Waals surface area contributed by atoms with Crippen molar-refractivity contribution in [3.05, 3.63) is 77.5 Å². The second-order valence-electron chi connectivity index (χ2n) is 6.45. The molecule has 0 bridgehead atoms. The van der Waals surface area contributed by atoms with Crippen LogP contribution < -0.4 is 10.6 Å². The normalized spacial score (nSPS) is 18.8. The van der Waals surface area contributed by atoms with Gasteiger partial charge in [0, 0.05) is 11.6 Å². The van der Waals surface area contributed by atoms with Gasteiger partial charge in [-0.15, -0.1) is 0 Å². The monoisotopic (exact) mass is 418 g/mol. The lowest BCUT2D eigenvalue weighted by molar-refractivity contribution is -0.118. The number of amides is 2. The first-order valence-electron chi connectivity index (χ1n) is 8.68. The number of hydrogen-bond acceptors (Lipinski definition) is 4. The maximum absolute atomic E-state index is 12.8. The highest BCUT2D eigenvalue weighted by Gasteiger charge is 2.30. The predicted molar refractivity (Wildman–Crippen MR) is 108 cm³/mol. The Hall–Kier alpha value is -2.64. The van der Waals surface area contributed by atoms with Gasteiger partial charge in [-0.3, -0.25) is 9.59 Å². The van der Waals surface area contributed by atoms with E-state index in [2.05, 4.69) is 10.6 Å². The standard InChI is InChI=1S/C20H19ClN2O4S/c21-17(14-7-3-1-4-8-14)18(23-19(24)15-9-5-2-6-10-15)20(25)22-16-11-12-28(26,27)13-16/h1-10,16H,11-13H2,(H,22,25)(H,23,24)/b18-17-. The molecule has 1 aliphatic heterocycles. The first kappa shape index (κ1) is 20.1. The number of halogens is 1. The van der Waals surface area contributed by atoms with E-state index in [0.717, 1.165) is 0 Å². The van der Waals surface area contributed by atoms with Gasteiger partial charge >= 0.3 is 0 Å². The summed E-state index contributed by atoms with van der Waals surface area (Å²) in [4.78, 5) is 25.4. The minimum Gasteiger partial charge on any atom is -0.347 e. The molecule has 146 valence electrons. The molecular weight excluding hydrogens is 400 g/mol. The number of hydrogen-bond donors (Lipinski definition) is 2. The lowest BCUT2D eigenvalue weighted by Crippen LogP contribution is -2.41. The van der Waals surface area contributed by atoms with Gasteiger partial charge in [0.05, 0.1) is 16.5 Å². The Morgan fingerprint density at radius 3 is 2.04 bits per heavy atom. The Balaban J connectivity index is 1.88. The number of sulfone groups is 1. The Bertz CT molecular complexity index is 1010. The first-order valence-corrected chi connectivity index (χ1v) is 10.9. The van der Waals surface area contributed by atoms with Gasteiger partial charge in [-0.2, -0.15) is 0 Å². The first-order chi connectivity index (χ1) is 13.4. The van der Waals surface area contributed by atoms with E-state index in [9.17, 15) is 18.0 Å². The van der Waals surface area contributed by atoms with Gasteiger partial charge in [0.2, 0.25) is 0 Å². The molecule has 0 aliphatic carbocycles. The van der Waals surface area contributed by atoms with Crippen molar-refractivity contribution in [2.45, 2.75) is 12.5 Å². The third kappa shape index (κ3) is 4.99. The fourth-order valence-corrected chi connectivity index (χ4v) is 4.81. The van der Waals surface area contributed by atoms with Gasteiger partial charge in [-0.1, -0.05) is 60.1 Å². The maximum Gasteiger partial charge on any atom is 0.269 e. The third-order valence-corrected chi connectivity index (χ3v) is 6.49. The van der Waals surface area contributed by atoms with E-state index in [4.69, 9.17) is 11.6 Å². The summed E-state index contributed by atoms with van der Waals surface area (Å²) in [5.74, 6) is -1.21. The minimum atomic E-state index is -3.16. The highest BCUT2D eigenvalue weighted by Crippen LogP contribution is 2.23. The zero-order valence-electron chi connectivity index (χ0n) is 14.9. The smallest absolute Gasteiger partial charge is 0.269 e. The van der Waals surface area contributed by atoms with Crippen LogP contribution in [0.4, 0.5) is 0 Å². The molecule has 1 atom stereocenters. The van der Waals surface area contributed by atoms with E-state index < -0.39 is 27.7 Å². The molecule has 2 amide bonds. The maximum atomic E-state index is 12.8. The second kappa shape index (κ2) is 8.58. The molecular formula is C20H19ClN2O4S. The molecule has 0 spiro atoms. The highest BCUT2D eigenvalue weighted by molar-refractivity contribution is 7.91. The van der Waals surface area contributed by atoms with Gasteiger partial charge in [0.25, 0.3) is 11.8 Å². The summed E-state index contributed by atoms with van der Waals surface area (Å²) >= 11 is 6.43. The van der Waals surface area contributed by atoms with Crippen LogP contribution in [0.25, 0.3) is 5.03 Å². The summed E-state index contributed by atoms with van der Waals surface area (Å²) in [5, 5.41) is 5.31. The molecule has 28 heavy (non-hydrogen) atoms. The van der Waals surface area contributed by atoms with Crippen LogP contribution >= 0.6 is 11.6 Å². The fraction of sp³-hybridized carbons (Fsp3) is 0.200. The van der Waals surface area contributed by atoms with Crippen molar-refractivity contribution < 1.29 is 18.0 Å². The predicted octanol–water partition coefficient (Wildman–Crippen LogP) is 2.33. The molecule has 0 radical (unpaired) electrons. The van der Waals surface area contributed by atoms with Crippen molar-refractivity contribution in [3.63, 3.8) is 0 Å². The van der Waals surface area contributed by atoms with Gasteiger partial charge < -0.3 is 10.6 Å². The summed E-state index contributed by atoms with van der Waals surface area (Å²) in [6.45, 7) is 0. The van der Waals surface area contributed by atoms with Gasteiger partial charge in [-0.25, -0.2) is 8.42 Å². The van der Waals surface area contributed by atoms with E-state index in [-0.39, 0.29) is 22.2 Å². The summed E-state index contributed by atoms with van der Waals surface area (Å²) in [7, 11) is -3.16. The number of carbonyl (C=O) groups is 2. The van der Waals surface area contributed by atoms with E-state index in [1.165, 1.54) is 0 Å². The van der Waals surface area contributed by atoms with Crippen molar-refractivity contribution >= 4 is 38.3 Å². The molecule has 3 rings (SSSR count). The average molecular weight is 419 g/mol. The molecule has 8 heteroatoms. The summed E-state index contributed by atoms with van der Waals surface area (Å²) < 4.78 is 23.3. The Morgan fingerprint density at radius 1 is 0.929 bits per heavy atom. The molecule has 1 unspecified atom stereocenters. The van der Waals surface area contributed by atoms with Crippen LogP contribution in [0.5, 0.6) is 0 Å². The number of carbonyl (C=O) groups excluding carboxylic acids is 2. The molecule has 1 fully saturated rings. The van der Waals surface area contributed by atoms with Gasteiger partial charge in [-0.05, 0) is 24.1 Å². The van der Waals surface area contributed by atoms with Crippen molar-refractivity contribution in [1.82, 2.24) is 10.6 Å². The van der Waals surface area contributed by atoms with Crippen LogP contribution in [0.3, 0.4) is 0 Å². The van der Waals surface area contributed by atoms with Crippen molar-refractivity contribution in [1.29, 1.82) is 0 Å². The highest BCUT2D eigenvalue weighted by atomic mass is 35.5. The second-order valence-corrected chi connectivity index (χ2v) is 9.06. The SMILES string of the molecule is O=C(NC1CCS(=O)(=O)C1)/C(NC(=O)c1ccccc1)=C(/Cl)c1ccccc1. The van der Waals surface area contributed by atoms with E-state index >= 15 is 0 Å². The molecule has 2 N–H and O–H groups in total.